The summed E-state index contributed by atoms with van der Waals surface area (Å²) in [6.07, 6.45) is 0.467. The maximum atomic E-state index is 11.8. The number of benzene rings is 1. The minimum atomic E-state index is -0.998. The molecule has 1 fully saturated rings. The SMILES string of the molecule is CCN1CC(CNC(=O)NCc2cccc(C(=O)O)c2)CC1=O. The fourth-order valence-corrected chi connectivity index (χ4v) is 2.59. The second-order valence-electron chi connectivity index (χ2n) is 5.57. The third-order valence-electron chi connectivity index (χ3n) is 3.85. The fraction of sp³-hybridized carbons (Fsp3) is 0.438. The van der Waals surface area contributed by atoms with Gasteiger partial charge in [0, 0.05) is 38.5 Å². The Hall–Kier alpha value is -2.57. The predicted octanol–water partition coefficient (Wildman–Crippen LogP) is 1.05. The van der Waals surface area contributed by atoms with Crippen molar-refractivity contribution in [1.82, 2.24) is 15.5 Å². The van der Waals surface area contributed by atoms with Crippen LogP contribution in [0.1, 0.15) is 29.3 Å². The summed E-state index contributed by atoms with van der Waals surface area (Å²) in [5.74, 6) is -0.726. The normalized spacial score (nSPS) is 17.2. The first kappa shape index (κ1) is 16.8. The van der Waals surface area contributed by atoms with E-state index in [1.54, 1.807) is 17.0 Å². The third-order valence-corrected chi connectivity index (χ3v) is 3.85. The highest BCUT2D eigenvalue weighted by atomic mass is 16.4. The van der Waals surface area contributed by atoms with Gasteiger partial charge in [0.05, 0.1) is 5.56 Å². The van der Waals surface area contributed by atoms with Crippen molar-refractivity contribution in [3.8, 4) is 0 Å². The average Bonchev–Trinajstić information content (AvgIpc) is 2.91. The van der Waals surface area contributed by atoms with Crippen LogP contribution in [0.5, 0.6) is 0 Å². The standard InChI is InChI=1S/C16H21N3O4/c1-2-19-10-12(7-14(19)20)9-18-16(23)17-8-11-4-3-5-13(6-11)15(21)22/h3-6,12H,2,7-10H2,1H3,(H,21,22)(H2,17,18,23). The van der Waals surface area contributed by atoms with Crippen LogP contribution in [0.3, 0.4) is 0 Å². The number of amides is 3. The van der Waals surface area contributed by atoms with Crippen LogP contribution < -0.4 is 10.6 Å². The number of aromatic carboxylic acids is 1. The Morgan fingerprint density at radius 3 is 2.78 bits per heavy atom. The van der Waals surface area contributed by atoms with Gasteiger partial charge in [0.25, 0.3) is 0 Å². The molecule has 7 heteroatoms. The van der Waals surface area contributed by atoms with Crippen molar-refractivity contribution in [1.29, 1.82) is 0 Å². The zero-order chi connectivity index (χ0) is 16.8. The highest BCUT2D eigenvalue weighted by molar-refractivity contribution is 5.87. The van der Waals surface area contributed by atoms with Crippen molar-refractivity contribution < 1.29 is 19.5 Å². The molecule has 1 aliphatic rings. The Kier molecular flexibility index (Phi) is 5.56. The van der Waals surface area contributed by atoms with E-state index >= 15 is 0 Å². The molecule has 3 amide bonds. The molecule has 0 spiro atoms. The summed E-state index contributed by atoms with van der Waals surface area (Å²) in [6, 6.07) is 6.09. The van der Waals surface area contributed by atoms with E-state index in [0.29, 0.717) is 31.6 Å². The van der Waals surface area contributed by atoms with Crippen LogP contribution in [-0.2, 0) is 11.3 Å². The first-order chi connectivity index (χ1) is 11.0. The third kappa shape index (κ3) is 4.70. The second-order valence-corrected chi connectivity index (χ2v) is 5.57. The quantitative estimate of drug-likeness (QED) is 0.730. The molecule has 2 rings (SSSR count). The Balaban J connectivity index is 1.74. The van der Waals surface area contributed by atoms with E-state index in [1.807, 2.05) is 6.92 Å². The number of rotatable bonds is 6. The molecule has 124 valence electrons. The van der Waals surface area contributed by atoms with E-state index in [0.717, 1.165) is 0 Å². The zero-order valence-electron chi connectivity index (χ0n) is 13.0. The lowest BCUT2D eigenvalue weighted by Gasteiger charge is -2.14. The van der Waals surface area contributed by atoms with Gasteiger partial charge in [0.1, 0.15) is 0 Å². The van der Waals surface area contributed by atoms with Gasteiger partial charge in [-0.2, -0.15) is 0 Å². The minimum Gasteiger partial charge on any atom is -0.478 e. The molecule has 1 heterocycles. The van der Waals surface area contributed by atoms with E-state index < -0.39 is 5.97 Å². The number of hydrogen-bond donors (Lipinski definition) is 3. The molecule has 0 saturated carbocycles. The van der Waals surface area contributed by atoms with Crippen LogP contribution in [0, 0.1) is 5.92 Å². The van der Waals surface area contributed by atoms with Crippen molar-refractivity contribution in [2.24, 2.45) is 5.92 Å². The largest absolute Gasteiger partial charge is 0.478 e. The monoisotopic (exact) mass is 319 g/mol. The molecule has 1 aliphatic heterocycles. The van der Waals surface area contributed by atoms with Crippen LogP contribution in [0.4, 0.5) is 4.79 Å². The van der Waals surface area contributed by atoms with Gasteiger partial charge in [0.2, 0.25) is 5.91 Å². The number of carboxylic acid groups (broad SMARTS) is 1. The summed E-state index contributed by atoms with van der Waals surface area (Å²) in [7, 11) is 0. The molecule has 0 aliphatic carbocycles. The van der Waals surface area contributed by atoms with Crippen LogP contribution >= 0.6 is 0 Å². The average molecular weight is 319 g/mol. The maximum absolute atomic E-state index is 11.8. The number of carbonyl (C=O) groups excluding carboxylic acids is 2. The molecular formula is C16H21N3O4. The van der Waals surface area contributed by atoms with Gasteiger partial charge in [-0.15, -0.1) is 0 Å². The van der Waals surface area contributed by atoms with E-state index in [2.05, 4.69) is 10.6 Å². The van der Waals surface area contributed by atoms with Gasteiger partial charge in [-0.3, -0.25) is 4.79 Å². The van der Waals surface area contributed by atoms with Crippen molar-refractivity contribution in [2.75, 3.05) is 19.6 Å². The summed E-state index contributed by atoms with van der Waals surface area (Å²) >= 11 is 0. The molecule has 1 aromatic rings. The molecule has 1 saturated heterocycles. The smallest absolute Gasteiger partial charge is 0.335 e. The second kappa shape index (κ2) is 7.62. The van der Waals surface area contributed by atoms with E-state index in [4.69, 9.17) is 5.11 Å². The van der Waals surface area contributed by atoms with Gasteiger partial charge < -0.3 is 20.6 Å². The summed E-state index contributed by atoms with van der Waals surface area (Å²) in [4.78, 5) is 36.1. The van der Waals surface area contributed by atoms with E-state index in [-0.39, 0.29) is 30.0 Å². The Morgan fingerprint density at radius 2 is 2.13 bits per heavy atom. The Morgan fingerprint density at radius 1 is 1.35 bits per heavy atom. The highest BCUT2D eigenvalue weighted by Gasteiger charge is 2.28. The molecule has 23 heavy (non-hydrogen) atoms. The summed E-state index contributed by atoms with van der Waals surface area (Å²) < 4.78 is 0. The molecule has 1 atom stereocenters. The lowest BCUT2D eigenvalue weighted by Crippen LogP contribution is -2.38. The fourth-order valence-electron chi connectivity index (χ4n) is 2.59. The lowest BCUT2D eigenvalue weighted by molar-refractivity contribution is -0.127. The molecule has 7 nitrogen and oxygen atoms in total. The van der Waals surface area contributed by atoms with E-state index in [9.17, 15) is 14.4 Å². The van der Waals surface area contributed by atoms with Crippen molar-refractivity contribution in [2.45, 2.75) is 19.9 Å². The number of likely N-dealkylation sites (tertiary alicyclic amines) is 1. The summed E-state index contributed by atoms with van der Waals surface area (Å²) in [6.45, 7) is 4.00. The first-order valence-corrected chi connectivity index (χ1v) is 7.61. The van der Waals surface area contributed by atoms with Gasteiger partial charge in [-0.1, -0.05) is 12.1 Å². The molecule has 3 N–H and O–H groups in total. The number of nitrogens with zero attached hydrogens (tertiary/aromatic N) is 1. The minimum absolute atomic E-state index is 0.130. The number of carboxylic acids is 1. The van der Waals surface area contributed by atoms with Gasteiger partial charge in [-0.05, 0) is 24.6 Å². The Labute approximate surface area is 134 Å². The number of hydrogen-bond acceptors (Lipinski definition) is 3. The predicted molar refractivity (Wildman–Crippen MR) is 84.0 cm³/mol. The first-order valence-electron chi connectivity index (χ1n) is 7.61. The molecule has 0 bridgehead atoms. The summed E-state index contributed by atoms with van der Waals surface area (Å²) in [5, 5.41) is 14.4. The van der Waals surface area contributed by atoms with Gasteiger partial charge in [0.15, 0.2) is 0 Å². The van der Waals surface area contributed by atoms with Crippen LogP contribution in [0.25, 0.3) is 0 Å². The number of urea groups is 1. The Bertz CT molecular complexity index is 603. The summed E-state index contributed by atoms with van der Waals surface area (Å²) in [5.41, 5.74) is 0.905. The molecule has 0 radical (unpaired) electrons. The molecular weight excluding hydrogens is 298 g/mol. The number of carbonyl (C=O) groups is 3. The van der Waals surface area contributed by atoms with Gasteiger partial charge in [-0.25, -0.2) is 9.59 Å². The molecule has 1 unspecified atom stereocenters. The molecule has 1 aromatic carbocycles. The maximum Gasteiger partial charge on any atom is 0.335 e. The van der Waals surface area contributed by atoms with Crippen molar-refractivity contribution >= 4 is 17.9 Å². The van der Waals surface area contributed by atoms with Crippen molar-refractivity contribution in [3.63, 3.8) is 0 Å². The molecule has 0 aromatic heterocycles. The van der Waals surface area contributed by atoms with Crippen LogP contribution in [-0.4, -0.2) is 47.5 Å². The van der Waals surface area contributed by atoms with Gasteiger partial charge >= 0.3 is 12.0 Å². The topological polar surface area (TPSA) is 98.7 Å². The lowest BCUT2D eigenvalue weighted by atomic mass is 10.1. The van der Waals surface area contributed by atoms with Crippen LogP contribution in [0.2, 0.25) is 0 Å². The van der Waals surface area contributed by atoms with E-state index in [1.165, 1.54) is 12.1 Å². The zero-order valence-corrected chi connectivity index (χ0v) is 13.0. The van der Waals surface area contributed by atoms with Crippen LogP contribution in [0.15, 0.2) is 24.3 Å². The number of nitrogens with one attached hydrogen (secondary N) is 2. The van der Waals surface area contributed by atoms with Crippen molar-refractivity contribution in [3.05, 3.63) is 35.4 Å². The highest BCUT2D eigenvalue weighted by Crippen LogP contribution is 2.16.